The van der Waals surface area contributed by atoms with E-state index in [-0.39, 0.29) is 24.4 Å². The number of nitrogens with zero attached hydrogens (tertiary/aromatic N) is 4. The summed E-state index contributed by atoms with van der Waals surface area (Å²) in [6, 6.07) is 3.71. The lowest BCUT2D eigenvalue weighted by Gasteiger charge is -2.30. The van der Waals surface area contributed by atoms with Gasteiger partial charge in [-0.2, -0.15) is 0 Å². The summed E-state index contributed by atoms with van der Waals surface area (Å²) in [5.41, 5.74) is 3.08. The maximum atomic E-state index is 14.9. The predicted molar refractivity (Wildman–Crippen MR) is 167 cm³/mol. The van der Waals surface area contributed by atoms with Gasteiger partial charge in [0.05, 0.1) is 24.8 Å². The normalized spacial score (nSPS) is 15.9. The molecule has 3 heterocycles. The largest absolute Gasteiger partial charge is 0.494 e. The molecule has 11 nitrogen and oxygen atoms in total. The van der Waals surface area contributed by atoms with Gasteiger partial charge < -0.3 is 34.1 Å². The van der Waals surface area contributed by atoms with E-state index in [0.717, 1.165) is 18.9 Å². The Balaban J connectivity index is 1.56. The van der Waals surface area contributed by atoms with Crippen LogP contribution >= 0.6 is 0 Å². The molecule has 13 heteroatoms. The molecule has 0 atom stereocenters. The fraction of sp³-hybridized carbons (Fsp3) is 0.548. The third-order valence-corrected chi connectivity index (χ3v) is 10.0. The number of carbonyl (C=O) groups is 2. The quantitative estimate of drug-likeness (QED) is 0.198. The molecule has 2 amide bonds. The minimum Gasteiger partial charge on any atom is -0.494 e. The smallest absolute Gasteiger partial charge is 0.407 e. The second kappa shape index (κ2) is 13.1. The zero-order chi connectivity index (χ0) is 31.6. The van der Waals surface area contributed by atoms with Crippen LogP contribution in [-0.2, 0) is 11.5 Å². The molecule has 0 radical (unpaired) electrons. The Morgan fingerprint density at radius 2 is 1.84 bits per heavy atom. The van der Waals surface area contributed by atoms with Crippen LogP contribution in [0.2, 0.25) is 25.7 Å². The van der Waals surface area contributed by atoms with Crippen LogP contribution in [-0.4, -0.2) is 84.1 Å². The molecular formula is C31H42FN5O6Si. The number of benzene rings is 1. The zero-order valence-corrected chi connectivity index (χ0v) is 27.1. The number of ether oxygens (including phenoxy) is 3. The van der Waals surface area contributed by atoms with Crippen molar-refractivity contribution in [3.05, 3.63) is 35.5 Å². The van der Waals surface area contributed by atoms with Crippen LogP contribution in [0.3, 0.4) is 0 Å². The summed E-state index contributed by atoms with van der Waals surface area (Å²) in [7, 11) is 0.0657. The van der Waals surface area contributed by atoms with Gasteiger partial charge in [-0.05, 0) is 50.6 Å². The number of hydrogen-bond acceptors (Lipinski definition) is 7. The lowest BCUT2D eigenvalue weighted by atomic mass is 10.0. The molecule has 5 rings (SSSR count). The molecule has 0 unspecified atom stereocenters. The number of carbonyl (C=O) groups excluding carboxylic acids is 1. The summed E-state index contributed by atoms with van der Waals surface area (Å²) in [5, 5.41) is 12.4. The predicted octanol–water partition coefficient (Wildman–Crippen LogP) is 5.53. The van der Waals surface area contributed by atoms with Gasteiger partial charge in [0, 0.05) is 51.1 Å². The number of amides is 2. The van der Waals surface area contributed by atoms with Crippen LogP contribution in [0.15, 0.2) is 18.5 Å². The Hall–Kier alpha value is -3.71. The van der Waals surface area contributed by atoms with Crippen molar-refractivity contribution in [3.63, 3.8) is 0 Å². The Morgan fingerprint density at radius 1 is 1.11 bits per heavy atom. The number of likely N-dealkylation sites (tertiary alicyclic amines) is 1. The second-order valence-electron chi connectivity index (χ2n) is 12.9. The first-order chi connectivity index (χ1) is 21.0. The van der Waals surface area contributed by atoms with Crippen molar-refractivity contribution in [2.45, 2.75) is 71.1 Å². The van der Waals surface area contributed by atoms with E-state index in [9.17, 15) is 19.1 Å². The lowest BCUT2D eigenvalue weighted by molar-refractivity contribution is 0.0874. The van der Waals surface area contributed by atoms with E-state index in [4.69, 9.17) is 14.2 Å². The highest BCUT2D eigenvalue weighted by molar-refractivity contribution is 6.76. The minimum atomic E-state index is -1.34. The van der Waals surface area contributed by atoms with Crippen molar-refractivity contribution < 1.29 is 33.3 Å². The molecule has 1 aromatic carbocycles. The average molecular weight is 628 g/mol. The molecule has 44 heavy (non-hydrogen) atoms. The van der Waals surface area contributed by atoms with Gasteiger partial charge in [0.15, 0.2) is 11.6 Å². The Labute approximate surface area is 257 Å². The average Bonchev–Trinajstić information content (AvgIpc) is 3.76. The Bertz CT molecular complexity index is 1530. The lowest BCUT2D eigenvalue weighted by Crippen LogP contribution is -2.46. The molecule has 0 bridgehead atoms. The third-order valence-electron chi connectivity index (χ3n) is 8.32. The molecule has 238 valence electrons. The SMILES string of the molecule is COc1cc(-c2ncnc3c(C(=O)NC4CCN(C(=O)O)CC4)c(C)n(COCC[Si](C)(C)C)c23)c(OCC2CC2)cc1F. The molecule has 1 aliphatic carbocycles. The van der Waals surface area contributed by atoms with Crippen LogP contribution < -0.4 is 14.8 Å². The summed E-state index contributed by atoms with van der Waals surface area (Å²) in [6.07, 6.45) is 3.65. The highest BCUT2D eigenvalue weighted by Gasteiger charge is 2.30. The van der Waals surface area contributed by atoms with E-state index in [1.54, 1.807) is 6.07 Å². The molecule has 1 saturated heterocycles. The number of rotatable bonds is 12. The van der Waals surface area contributed by atoms with Gasteiger partial charge in [-0.15, -0.1) is 0 Å². The molecule has 2 fully saturated rings. The maximum absolute atomic E-state index is 14.9. The van der Waals surface area contributed by atoms with Gasteiger partial charge in [0.1, 0.15) is 30.0 Å². The van der Waals surface area contributed by atoms with E-state index in [2.05, 4.69) is 34.9 Å². The van der Waals surface area contributed by atoms with Gasteiger partial charge in [-0.1, -0.05) is 19.6 Å². The van der Waals surface area contributed by atoms with Gasteiger partial charge in [-0.3, -0.25) is 4.79 Å². The molecule has 2 aliphatic rings. The van der Waals surface area contributed by atoms with Crippen molar-refractivity contribution >= 4 is 31.1 Å². The van der Waals surface area contributed by atoms with Crippen LogP contribution in [0.5, 0.6) is 11.5 Å². The summed E-state index contributed by atoms with van der Waals surface area (Å²) in [4.78, 5) is 35.7. The first kappa shape index (κ1) is 31.7. The van der Waals surface area contributed by atoms with Crippen molar-refractivity contribution in [2.75, 3.05) is 33.4 Å². The van der Waals surface area contributed by atoms with Gasteiger partial charge in [0.25, 0.3) is 5.91 Å². The van der Waals surface area contributed by atoms with Gasteiger partial charge >= 0.3 is 6.09 Å². The fourth-order valence-corrected chi connectivity index (χ4v) is 6.17. The first-order valence-electron chi connectivity index (χ1n) is 15.2. The second-order valence-corrected chi connectivity index (χ2v) is 18.5. The number of halogens is 1. The number of carboxylic acid groups (broad SMARTS) is 1. The van der Waals surface area contributed by atoms with Crippen molar-refractivity contribution in [2.24, 2.45) is 5.92 Å². The molecule has 3 aromatic rings. The zero-order valence-electron chi connectivity index (χ0n) is 26.1. The van der Waals surface area contributed by atoms with Crippen molar-refractivity contribution in [1.82, 2.24) is 24.8 Å². The molecule has 2 aromatic heterocycles. The minimum absolute atomic E-state index is 0.0532. The molecule has 0 spiro atoms. The number of nitrogens with one attached hydrogen (secondary N) is 1. The first-order valence-corrected chi connectivity index (χ1v) is 18.9. The number of methoxy groups -OCH3 is 1. The maximum Gasteiger partial charge on any atom is 0.407 e. The van der Waals surface area contributed by atoms with Gasteiger partial charge in [0.2, 0.25) is 0 Å². The molecular weight excluding hydrogens is 585 g/mol. The molecule has 1 aliphatic heterocycles. The monoisotopic (exact) mass is 627 g/mol. The summed E-state index contributed by atoms with van der Waals surface area (Å²) in [5.74, 6) is 0.00657. The van der Waals surface area contributed by atoms with Crippen LogP contribution in [0, 0.1) is 18.7 Å². The van der Waals surface area contributed by atoms with E-state index < -0.39 is 20.0 Å². The molecule has 1 saturated carbocycles. The van der Waals surface area contributed by atoms with Crippen molar-refractivity contribution in [3.8, 4) is 22.8 Å². The van der Waals surface area contributed by atoms with Gasteiger partial charge in [-0.25, -0.2) is 19.2 Å². The van der Waals surface area contributed by atoms with E-state index in [1.165, 1.54) is 24.4 Å². The number of aromatic nitrogens is 3. The highest BCUT2D eigenvalue weighted by atomic mass is 28.3. The summed E-state index contributed by atoms with van der Waals surface area (Å²) >= 11 is 0. The van der Waals surface area contributed by atoms with Crippen LogP contribution in [0.25, 0.3) is 22.3 Å². The standard InChI is InChI=1S/C31H42FN5O6Si/c1-19-26(30(38)35-21-8-10-36(11-9-21)31(39)40)28-29(37(19)18-42-12-13-44(3,4)5)27(33-17-34-28)22-14-25(41-2)23(32)15-24(22)43-16-20-6-7-20/h14-15,17,20-21H,6-13,16,18H2,1-5H3,(H,35,38)(H,39,40). The van der Waals surface area contributed by atoms with E-state index in [1.807, 2.05) is 11.5 Å². The summed E-state index contributed by atoms with van der Waals surface area (Å²) < 4.78 is 34.4. The van der Waals surface area contributed by atoms with Crippen LogP contribution in [0.4, 0.5) is 9.18 Å². The highest BCUT2D eigenvalue weighted by Crippen LogP contribution is 2.40. The third kappa shape index (κ3) is 7.15. The number of fused-ring (bicyclic) bond motifs is 1. The fourth-order valence-electron chi connectivity index (χ4n) is 5.42. The topological polar surface area (TPSA) is 128 Å². The molecule has 2 N–H and O–H groups in total. The van der Waals surface area contributed by atoms with E-state index >= 15 is 0 Å². The van der Waals surface area contributed by atoms with E-state index in [0.29, 0.717) is 84.4 Å². The Kier molecular flexibility index (Phi) is 9.44. The number of piperidine rings is 1. The van der Waals surface area contributed by atoms with Crippen LogP contribution in [0.1, 0.15) is 41.7 Å². The van der Waals surface area contributed by atoms with Crippen molar-refractivity contribution in [1.29, 1.82) is 0 Å². The Morgan fingerprint density at radius 3 is 2.48 bits per heavy atom. The summed E-state index contributed by atoms with van der Waals surface area (Å²) in [6.45, 7) is 10.6. The number of hydrogen-bond donors (Lipinski definition) is 2.